The molecule has 2 aliphatic heterocycles. The topological polar surface area (TPSA) is 60.4 Å². The van der Waals surface area contributed by atoms with Crippen LogP contribution in [0.5, 0.6) is 0 Å². The molecule has 2 heterocycles. The second kappa shape index (κ2) is 4.26. The second-order valence-electron chi connectivity index (χ2n) is 3.10. The predicted molar refractivity (Wildman–Crippen MR) is 45.4 cm³/mol. The molecule has 0 aromatic rings. The Morgan fingerprint density at radius 2 is 2.36 bits per heavy atom. The van der Waals surface area contributed by atoms with E-state index in [1.165, 1.54) is 4.90 Å². The molecule has 0 bridgehead atoms. The van der Waals surface area contributed by atoms with Crippen molar-refractivity contribution in [3.8, 4) is 0 Å². The van der Waals surface area contributed by atoms with Crippen molar-refractivity contribution < 1.29 is 44.3 Å². The maximum absolute atomic E-state index is 11.1. The summed E-state index contributed by atoms with van der Waals surface area (Å²) in [6, 6.07) is 0. The minimum Gasteiger partial charge on any atom is -0.543 e. The average molecular weight is 221 g/mol. The predicted octanol–water partition coefficient (Wildman–Crippen LogP) is -3.68. The normalized spacial score (nSPS) is 29.6. The summed E-state index contributed by atoms with van der Waals surface area (Å²) < 4.78 is 0. The first kappa shape index (κ1) is 12.1. The van der Waals surface area contributed by atoms with Gasteiger partial charge < -0.3 is 9.90 Å². The number of carboxylic acid groups (broad SMARTS) is 1. The van der Waals surface area contributed by atoms with E-state index in [4.69, 9.17) is 0 Å². The fourth-order valence-electron chi connectivity index (χ4n) is 1.54. The molecule has 4 nitrogen and oxygen atoms in total. The van der Waals surface area contributed by atoms with E-state index in [2.05, 4.69) is 0 Å². The molecule has 2 atom stereocenters. The maximum Gasteiger partial charge on any atom is 1.00 e. The Hall–Kier alpha value is 0.0300. The molecular formula is C8H8NNaO3S. The van der Waals surface area contributed by atoms with Crippen molar-refractivity contribution in [2.45, 2.75) is 24.0 Å². The average Bonchev–Trinajstić information content (AvgIpc) is 2.01. The number of amides is 1. The molecule has 2 aliphatic rings. The molecule has 6 heteroatoms. The van der Waals surface area contributed by atoms with Crippen LogP contribution >= 0.6 is 11.8 Å². The van der Waals surface area contributed by atoms with Gasteiger partial charge >= 0.3 is 29.6 Å². The fourth-order valence-corrected chi connectivity index (χ4v) is 2.84. The Bertz CT molecular complexity index is 318. The number of β-lactam (4-membered cyclic amide) rings is 1. The summed E-state index contributed by atoms with van der Waals surface area (Å²) in [6.07, 6.45) is 2.01. The zero-order valence-electron chi connectivity index (χ0n) is 8.02. The molecule has 70 valence electrons. The van der Waals surface area contributed by atoms with Gasteiger partial charge in [0.15, 0.2) is 0 Å². The number of carbonyl (C=O) groups excluding carboxylic acids is 2. The molecule has 1 amide bonds. The maximum atomic E-state index is 11.1. The Labute approximate surface area is 108 Å². The van der Waals surface area contributed by atoms with Crippen LogP contribution in [0.15, 0.2) is 11.8 Å². The van der Waals surface area contributed by atoms with Gasteiger partial charge in [-0.1, -0.05) is 0 Å². The number of aliphatic carboxylic acids is 1. The first-order valence-electron chi connectivity index (χ1n) is 4.00. The van der Waals surface area contributed by atoms with E-state index in [0.717, 1.165) is 0 Å². The van der Waals surface area contributed by atoms with Gasteiger partial charge in [0.25, 0.3) is 0 Å². The molecule has 1 saturated heterocycles. The van der Waals surface area contributed by atoms with Gasteiger partial charge in [0.1, 0.15) is 0 Å². The molecule has 2 rings (SSSR count). The minimum absolute atomic E-state index is 0. The van der Waals surface area contributed by atoms with E-state index >= 15 is 0 Å². The molecule has 0 saturated carbocycles. The van der Waals surface area contributed by atoms with E-state index < -0.39 is 5.97 Å². The molecule has 1 unspecified atom stereocenters. The number of hydrogen-bond donors (Lipinski definition) is 0. The first-order chi connectivity index (χ1) is 6.09. The molecule has 14 heavy (non-hydrogen) atoms. The van der Waals surface area contributed by atoms with Gasteiger partial charge in [-0.3, -0.25) is 9.69 Å². The number of carbonyl (C=O) groups is 2. The van der Waals surface area contributed by atoms with Gasteiger partial charge in [0, 0.05) is 5.25 Å². The number of thioether (sulfide) groups is 1. The van der Waals surface area contributed by atoms with Crippen molar-refractivity contribution in [2.75, 3.05) is 0 Å². The smallest absolute Gasteiger partial charge is 0.543 e. The van der Waals surface area contributed by atoms with Crippen LogP contribution < -0.4 is 34.7 Å². The Kier molecular flexibility index (Phi) is 3.69. The summed E-state index contributed by atoms with van der Waals surface area (Å²) >= 11 is 1.60. The van der Waals surface area contributed by atoms with Crippen molar-refractivity contribution in [2.24, 2.45) is 0 Å². The van der Waals surface area contributed by atoms with Crippen molar-refractivity contribution in [3.63, 3.8) is 0 Å². The number of hydrogen-bond acceptors (Lipinski definition) is 4. The third-order valence-corrected chi connectivity index (χ3v) is 3.40. The van der Waals surface area contributed by atoms with Crippen LogP contribution in [0.1, 0.15) is 13.3 Å². The molecule has 1 fully saturated rings. The monoisotopic (exact) mass is 221 g/mol. The van der Waals surface area contributed by atoms with Crippen LogP contribution in [0.3, 0.4) is 0 Å². The number of carboxylic acids is 1. The summed E-state index contributed by atoms with van der Waals surface area (Å²) in [6.45, 7) is 1.91. The van der Waals surface area contributed by atoms with Crippen LogP contribution in [0.25, 0.3) is 0 Å². The molecule has 0 spiro atoms. The van der Waals surface area contributed by atoms with Crippen molar-refractivity contribution in [1.29, 1.82) is 0 Å². The van der Waals surface area contributed by atoms with Crippen LogP contribution in [0.2, 0.25) is 0 Å². The van der Waals surface area contributed by atoms with Gasteiger partial charge in [-0.2, -0.15) is 0 Å². The van der Waals surface area contributed by atoms with Gasteiger partial charge in [0.05, 0.1) is 23.5 Å². The standard InChI is InChI=1S/C8H9NO3S.Na/c1-4-2-5(8(11)12)9-6(10)3-7(9)13-4;/h2,4,7H,3H2,1H3,(H,11,12);/q;+1/p-1/t4?,7-;/m1./s1. The zero-order chi connectivity index (χ0) is 9.59. The molecule has 0 aromatic heterocycles. The van der Waals surface area contributed by atoms with Crippen LogP contribution in [0.4, 0.5) is 0 Å². The third kappa shape index (κ3) is 1.86. The van der Waals surface area contributed by atoms with Crippen molar-refractivity contribution in [1.82, 2.24) is 4.90 Å². The SMILES string of the molecule is CC1C=C(C(=O)[O-])N2C(=O)C[C@H]2S1.[Na+]. The molecule has 0 aliphatic carbocycles. The van der Waals surface area contributed by atoms with Crippen LogP contribution in [0, 0.1) is 0 Å². The molecule has 0 N–H and O–H groups in total. The minimum atomic E-state index is -1.26. The molecule has 0 aromatic carbocycles. The zero-order valence-corrected chi connectivity index (χ0v) is 10.8. The molecular weight excluding hydrogens is 213 g/mol. The van der Waals surface area contributed by atoms with E-state index in [-0.39, 0.29) is 51.8 Å². The Morgan fingerprint density at radius 3 is 2.86 bits per heavy atom. The summed E-state index contributed by atoms with van der Waals surface area (Å²) in [5, 5.41) is 10.8. The van der Waals surface area contributed by atoms with Crippen molar-refractivity contribution >= 4 is 23.6 Å². The Morgan fingerprint density at radius 1 is 1.71 bits per heavy atom. The van der Waals surface area contributed by atoms with Crippen molar-refractivity contribution in [3.05, 3.63) is 11.8 Å². The van der Waals surface area contributed by atoms with Crippen LogP contribution in [-0.2, 0) is 9.59 Å². The summed E-state index contributed by atoms with van der Waals surface area (Å²) in [5.41, 5.74) is 0.0347. The third-order valence-electron chi connectivity index (χ3n) is 2.14. The van der Waals surface area contributed by atoms with E-state index in [1.807, 2.05) is 6.92 Å². The van der Waals surface area contributed by atoms with Gasteiger partial charge in [-0.15, -0.1) is 11.8 Å². The number of fused-ring (bicyclic) bond motifs is 1. The summed E-state index contributed by atoms with van der Waals surface area (Å²) in [7, 11) is 0. The van der Waals surface area contributed by atoms with Gasteiger partial charge in [-0.25, -0.2) is 0 Å². The van der Waals surface area contributed by atoms with E-state index in [1.54, 1.807) is 17.8 Å². The number of nitrogens with zero attached hydrogens (tertiary/aromatic N) is 1. The Balaban J connectivity index is 0.000000980. The largest absolute Gasteiger partial charge is 1.00 e. The second-order valence-corrected chi connectivity index (χ2v) is 4.66. The van der Waals surface area contributed by atoms with E-state index in [9.17, 15) is 14.7 Å². The van der Waals surface area contributed by atoms with Crippen LogP contribution in [-0.4, -0.2) is 27.4 Å². The van der Waals surface area contributed by atoms with E-state index in [0.29, 0.717) is 6.42 Å². The van der Waals surface area contributed by atoms with Gasteiger partial charge in [-0.05, 0) is 13.0 Å². The fraction of sp³-hybridized carbons (Fsp3) is 0.500. The first-order valence-corrected chi connectivity index (χ1v) is 4.94. The summed E-state index contributed by atoms with van der Waals surface area (Å²) in [4.78, 5) is 23.0. The molecule has 0 radical (unpaired) electrons. The quantitative estimate of drug-likeness (QED) is 0.338. The summed E-state index contributed by atoms with van der Waals surface area (Å²) in [5.74, 6) is -1.38. The number of rotatable bonds is 1. The van der Waals surface area contributed by atoms with Gasteiger partial charge in [0.2, 0.25) is 5.91 Å².